The minimum Gasteiger partial charge on any atom is -0.477 e. The lowest BCUT2D eigenvalue weighted by Crippen LogP contribution is -2.35. The number of hydrogen-bond donors (Lipinski definition) is 2. The summed E-state index contributed by atoms with van der Waals surface area (Å²) in [5.41, 5.74) is 6.19. The molecule has 3 heterocycles. The van der Waals surface area contributed by atoms with Crippen LogP contribution in [0.3, 0.4) is 0 Å². The highest BCUT2D eigenvalue weighted by Gasteiger charge is 2.37. The van der Waals surface area contributed by atoms with E-state index in [0.717, 1.165) is 38.2 Å². The van der Waals surface area contributed by atoms with Crippen molar-refractivity contribution in [2.45, 2.75) is 31.3 Å². The topological polar surface area (TPSA) is 101 Å². The summed E-state index contributed by atoms with van der Waals surface area (Å²) in [6.07, 6.45) is 8.73. The van der Waals surface area contributed by atoms with Gasteiger partial charge in [0, 0.05) is 31.4 Å². The Bertz CT molecular complexity index is 1020. The maximum absolute atomic E-state index is 12.6. The van der Waals surface area contributed by atoms with Gasteiger partial charge in [-0.05, 0) is 43.2 Å². The van der Waals surface area contributed by atoms with Crippen LogP contribution in [0, 0.1) is 11.8 Å². The number of carbonyl (C=O) groups is 1. The number of nitrogens with two attached hydrogens (primary N) is 1. The molecule has 7 heteroatoms. The number of allylic oxidation sites excluding steroid dienone is 1. The summed E-state index contributed by atoms with van der Waals surface area (Å²) in [5.74, 6) is 0.599. The molecule has 0 aromatic carbocycles. The monoisotopic (exact) mass is 366 g/mol. The fraction of sp³-hybridized carbons (Fsp3) is 0.450. The largest absolute Gasteiger partial charge is 0.477 e. The molecule has 7 nitrogen and oxygen atoms in total. The van der Waals surface area contributed by atoms with Crippen LogP contribution in [0.4, 0.5) is 5.82 Å². The molecular formula is C20H22N4O3. The number of nitrogens with zero attached hydrogens (tertiary/aromatic N) is 3. The van der Waals surface area contributed by atoms with Crippen LogP contribution in [-0.4, -0.2) is 39.8 Å². The number of aromatic nitrogens is 2. The van der Waals surface area contributed by atoms with Crippen molar-refractivity contribution in [3.05, 3.63) is 46.3 Å². The Labute approximate surface area is 156 Å². The van der Waals surface area contributed by atoms with E-state index >= 15 is 0 Å². The summed E-state index contributed by atoms with van der Waals surface area (Å²) in [6, 6.07) is 3.87. The average Bonchev–Trinajstić information content (AvgIpc) is 3.39. The van der Waals surface area contributed by atoms with Gasteiger partial charge in [-0.1, -0.05) is 12.2 Å². The van der Waals surface area contributed by atoms with Crippen LogP contribution < -0.4 is 16.1 Å². The molecule has 2 aliphatic carbocycles. The average molecular weight is 366 g/mol. The number of rotatable bonds is 3. The maximum Gasteiger partial charge on any atom is 0.341 e. The number of fused-ring (bicyclic) bond motifs is 2. The van der Waals surface area contributed by atoms with Crippen molar-refractivity contribution >= 4 is 22.8 Å². The Hall–Kier alpha value is -2.67. The predicted octanol–water partition coefficient (Wildman–Crippen LogP) is 1.77. The van der Waals surface area contributed by atoms with Crippen LogP contribution in [0.2, 0.25) is 0 Å². The smallest absolute Gasteiger partial charge is 0.341 e. The number of pyridine rings is 2. The highest BCUT2D eigenvalue weighted by Crippen LogP contribution is 2.38. The first kappa shape index (κ1) is 16.5. The fourth-order valence-corrected chi connectivity index (χ4v) is 4.50. The van der Waals surface area contributed by atoms with E-state index in [1.54, 1.807) is 6.07 Å². The molecule has 2 aromatic rings. The Balaban J connectivity index is 1.58. The highest BCUT2D eigenvalue weighted by atomic mass is 16.4. The number of anilines is 1. The minimum absolute atomic E-state index is 0.0805. The molecule has 27 heavy (non-hydrogen) atoms. The van der Waals surface area contributed by atoms with Crippen LogP contribution in [0.1, 0.15) is 35.7 Å². The SMILES string of the molecule is NC1C=CCC2CN(c3ccc4c(=O)c(C(=O)O)cn(C5CC5)c4n3)CC12. The molecule has 1 saturated heterocycles. The second kappa shape index (κ2) is 5.92. The molecule has 2 fully saturated rings. The van der Waals surface area contributed by atoms with Crippen LogP contribution in [0.5, 0.6) is 0 Å². The van der Waals surface area contributed by atoms with Gasteiger partial charge in [-0.15, -0.1) is 0 Å². The van der Waals surface area contributed by atoms with E-state index in [1.807, 2.05) is 10.6 Å². The molecule has 3 unspecified atom stereocenters. The zero-order valence-corrected chi connectivity index (χ0v) is 14.9. The van der Waals surface area contributed by atoms with Crippen LogP contribution >= 0.6 is 0 Å². The third kappa shape index (κ3) is 2.65. The molecular weight excluding hydrogens is 344 g/mol. The molecule has 0 bridgehead atoms. The molecule has 3 N–H and O–H groups in total. The summed E-state index contributed by atoms with van der Waals surface area (Å²) in [6.45, 7) is 1.76. The van der Waals surface area contributed by atoms with Crippen molar-refractivity contribution in [1.29, 1.82) is 0 Å². The third-order valence-electron chi connectivity index (χ3n) is 6.14. The van der Waals surface area contributed by atoms with Gasteiger partial charge in [0.25, 0.3) is 0 Å². The number of carboxylic acid groups (broad SMARTS) is 1. The van der Waals surface area contributed by atoms with Crippen LogP contribution in [0.25, 0.3) is 11.0 Å². The second-order valence-corrected chi connectivity index (χ2v) is 7.93. The van der Waals surface area contributed by atoms with Gasteiger partial charge in [0.15, 0.2) is 0 Å². The summed E-state index contributed by atoms with van der Waals surface area (Å²) in [7, 11) is 0. The molecule has 140 valence electrons. The second-order valence-electron chi connectivity index (χ2n) is 7.93. The van der Waals surface area contributed by atoms with Gasteiger partial charge in [0.2, 0.25) is 5.43 Å². The van der Waals surface area contributed by atoms with Gasteiger partial charge in [-0.3, -0.25) is 4.79 Å². The van der Waals surface area contributed by atoms with E-state index in [9.17, 15) is 14.7 Å². The van der Waals surface area contributed by atoms with Gasteiger partial charge >= 0.3 is 5.97 Å². The summed E-state index contributed by atoms with van der Waals surface area (Å²) in [5, 5.41) is 9.74. The first-order valence-electron chi connectivity index (χ1n) is 9.49. The number of aromatic carboxylic acids is 1. The van der Waals surface area contributed by atoms with Gasteiger partial charge in [-0.25, -0.2) is 9.78 Å². The van der Waals surface area contributed by atoms with E-state index in [4.69, 9.17) is 10.7 Å². The fourth-order valence-electron chi connectivity index (χ4n) is 4.50. The van der Waals surface area contributed by atoms with Gasteiger partial charge in [-0.2, -0.15) is 0 Å². The molecule has 0 amide bonds. The molecule has 0 radical (unpaired) electrons. The van der Waals surface area contributed by atoms with Crippen LogP contribution in [-0.2, 0) is 0 Å². The highest BCUT2D eigenvalue weighted by molar-refractivity contribution is 5.92. The third-order valence-corrected chi connectivity index (χ3v) is 6.14. The zero-order valence-electron chi connectivity index (χ0n) is 14.9. The number of hydrogen-bond acceptors (Lipinski definition) is 5. The predicted molar refractivity (Wildman–Crippen MR) is 102 cm³/mol. The van der Waals surface area contributed by atoms with Crippen molar-refractivity contribution in [3.8, 4) is 0 Å². The lowest BCUT2D eigenvalue weighted by molar-refractivity contribution is 0.0695. The summed E-state index contributed by atoms with van der Waals surface area (Å²) < 4.78 is 1.88. The van der Waals surface area contributed by atoms with E-state index in [0.29, 0.717) is 22.9 Å². The van der Waals surface area contributed by atoms with Gasteiger partial charge in [0.05, 0.1) is 5.39 Å². The Morgan fingerprint density at radius 1 is 1.26 bits per heavy atom. The minimum atomic E-state index is -1.19. The normalized spacial score (nSPS) is 27.1. The molecule has 3 atom stereocenters. The zero-order chi connectivity index (χ0) is 18.7. The summed E-state index contributed by atoms with van der Waals surface area (Å²) >= 11 is 0. The molecule has 2 aromatic heterocycles. The summed E-state index contributed by atoms with van der Waals surface area (Å²) in [4.78, 5) is 31.1. The Morgan fingerprint density at radius 2 is 2.07 bits per heavy atom. The van der Waals surface area contributed by atoms with E-state index < -0.39 is 11.4 Å². The molecule has 0 spiro atoms. The molecule has 5 rings (SSSR count). The van der Waals surface area contributed by atoms with Crippen LogP contribution in [0.15, 0.2) is 35.3 Å². The van der Waals surface area contributed by atoms with Crippen molar-refractivity contribution in [2.75, 3.05) is 18.0 Å². The Morgan fingerprint density at radius 3 is 2.78 bits per heavy atom. The van der Waals surface area contributed by atoms with Crippen molar-refractivity contribution < 1.29 is 9.90 Å². The van der Waals surface area contributed by atoms with E-state index in [-0.39, 0.29) is 17.6 Å². The van der Waals surface area contributed by atoms with E-state index in [2.05, 4.69) is 17.1 Å². The Kier molecular flexibility index (Phi) is 3.62. The van der Waals surface area contributed by atoms with Crippen molar-refractivity contribution in [1.82, 2.24) is 9.55 Å². The molecule has 1 saturated carbocycles. The lowest BCUT2D eigenvalue weighted by Gasteiger charge is -2.25. The van der Waals surface area contributed by atoms with Gasteiger partial charge < -0.3 is 20.3 Å². The van der Waals surface area contributed by atoms with Crippen molar-refractivity contribution in [3.63, 3.8) is 0 Å². The first-order valence-corrected chi connectivity index (χ1v) is 9.49. The first-order chi connectivity index (χ1) is 13.0. The maximum atomic E-state index is 12.6. The number of carboxylic acids is 1. The van der Waals surface area contributed by atoms with E-state index in [1.165, 1.54) is 6.20 Å². The standard InChI is InChI=1S/C20H22N4O3/c21-16-3-1-2-11-8-23(9-14(11)16)17-7-6-13-18(25)15(20(26)27)10-24(12-4-5-12)19(13)22-17/h1,3,6-7,10-12,14,16H,2,4-5,8-9,21H2,(H,26,27). The van der Waals surface area contributed by atoms with Gasteiger partial charge in [0.1, 0.15) is 17.0 Å². The molecule has 1 aliphatic heterocycles. The quantitative estimate of drug-likeness (QED) is 0.803. The lowest BCUT2D eigenvalue weighted by atomic mass is 9.83. The molecule has 3 aliphatic rings. The van der Waals surface area contributed by atoms with Crippen molar-refractivity contribution in [2.24, 2.45) is 17.6 Å².